The number of nitrogens with one attached hydrogen (secondary N) is 1. The molecular weight excluding hydrogens is 322 g/mol. The topological polar surface area (TPSA) is 81.2 Å². The van der Waals surface area contributed by atoms with Crippen molar-refractivity contribution in [2.24, 2.45) is 5.73 Å². The first kappa shape index (κ1) is 16.0. The van der Waals surface area contributed by atoms with Crippen molar-refractivity contribution < 1.29 is 9.47 Å². The number of hydrogen-bond donors (Lipinski definition) is 2. The third kappa shape index (κ3) is 3.23. The summed E-state index contributed by atoms with van der Waals surface area (Å²) in [5.74, 6) is 1.52. The van der Waals surface area contributed by atoms with Crippen LogP contribution in [0.5, 0.6) is 11.5 Å². The minimum Gasteiger partial charge on any atom is -0.497 e. The van der Waals surface area contributed by atoms with Gasteiger partial charge in [0.15, 0.2) is 0 Å². The second-order valence-electron chi connectivity index (χ2n) is 5.11. The van der Waals surface area contributed by atoms with Crippen LogP contribution in [-0.4, -0.2) is 25.0 Å². The molecule has 0 saturated heterocycles. The van der Waals surface area contributed by atoms with Gasteiger partial charge in [0.1, 0.15) is 17.3 Å². The van der Waals surface area contributed by atoms with Crippen LogP contribution < -0.4 is 15.2 Å². The van der Waals surface area contributed by atoms with Crippen molar-refractivity contribution in [1.82, 2.24) is 4.98 Å². The molecule has 1 aromatic carbocycles. The summed E-state index contributed by atoms with van der Waals surface area (Å²) in [5.41, 5.74) is 7.96. The SMILES string of the molecule is COc1cc(OC)cc(-c2ccc(-c3ccc(C(=N)N)cn3)s2)c1. The Bertz CT molecular complexity index is 850. The molecule has 2 heterocycles. The Kier molecular flexibility index (Phi) is 4.48. The predicted octanol–water partition coefficient (Wildman–Crippen LogP) is 3.78. The van der Waals surface area contributed by atoms with Gasteiger partial charge in [-0.1, -0.05) is 0 Å². The lowest BCUT2D eigenvalue weighted by Crippen LogP contribution is -2.10. The molecule has 3 N–H and O–H groups in total. The standard InChI is InChI=1S/C18H17N3O2S/c1-22-13-7-12(8-14(9-13)23-2)16-5-6-17(24-16)15-4-3-11(10-21-15)18(19)20/h3-10H,1-2H3,(H3,19,20). The van der Waals surface area contributed by atoms with Gasteiger partial charge in [0.2, 0.25) is 0 Å². The molecule has 0 atom stereocenters. The van der Waals surface area contributed by atoms with Gasteiger partial charge in [-0.2, -0.15) is 0 Å². The van der Waals surface area contributed by atoms with E-state index in [2.05, 4.69) is 11.1 Å². The van der Waals surface area contributed by atoms with Gasteiger partial charge < -0.3 is 15.2 Å². The van der Waals surface area contributed by atoms with Crippen LogP contribution in [0, 0.1) is 5.41 Å². The maximum absolute atomic E-state index is 7.42. The number of aromatic nitrogens is 1. The van der Waals surface area contributed by atoms with E-state index in [-0.39, 0.29) is 5.84 Å². The van der Waals surface area contributed by atoms with Crippen molar-refractivity contribution in [3.63, 3.8) is 0 Å². The number of methoxy groups -OCH3 is 2. The van der Waals surface area contributed by atoms with Gasteiger partial charge in [0.25, 0.3) is 0 Å². The number of hydrogen-bond acceptors (Lipinski definition) is 5. The molecule has 3 rings (SSSR count). The molecule has 3 aromatic rings. The molecule has 0 bridgehead atoms. The highest BCUT2D eigenvalue weighted by Crippen LogP contribution is 2.37. The third-order valence-corrected chi connectivity index (χ3v) is 4.73. The van der Waals surface area contributed by atoms with Crippen molar-refractivity contribution in [1.29, 1.82) is 5.41 Å². The van der Waals surface area contributed by atoms with E-state index in [0.717, 1.165) is 32.5 Å². The fourth-order valence-corrected chi connectivity index (χ4v) is 3.25. The summed E-state index contributed by atoms with van der Waals surface area (Å²) >= 11 is 1.63. The number of nitrogens with zero attached hydrogens (tertiary/aromatic N) is 1. The summed E-state index contributed by atoms with van der Waals surface area (Å²) in [7, 11) is 3.28. The number of benzene rings is 1. The summed E-state index contributed by atoms with van der Waals surface area (Å²) < 4.78 is 10.7. The van der Waals surface area contributed by atoms with Crippen molar-refractivity contribution in [2.45, 2.75) is 0 Å². The number of amidine groups is 1. The van der Waals surface area contributed by atoms with Gasteiger partial charge in [-0.25, -0.2) is 0 Å². The molecule has 0 spiro atoms. The van der Waals surface area contributed by atoms with Gasteiger partial charge >= 0.3 is 0 Å². The van der Waals surface area contributed by atoms with Crippen LogP contribution in [0.4, 0.5) is 0 Å². The molecule has 0 aliphatic heterocycles. The van der Waals surface area contributed by atoms with Crippen LogP contribution in [0.3, 0.4) is 0 Å². The molecule has 0 radical (unpaired) electrons. The zero-order valence-electron chi connectivity index (χ0n) is 13.4. The number of nitrogens with two attached hydrogens (primary N) is 1. The number of pyridine rings is 1. The molecular formula is C18H17N3O2S. The Balaban J connectivity index is 1.94. The first-order valence-corrected chi connectivity index (χ1v) is 8.06. The molecule has 0 aliphatic rings. The van der Waals surface area contributed by atoms with E-state index in [1.807, 2.05) is 30.3 Å². The van der Waals surface area contributed by atoms with Crippen molar-refractivity contribution in [3.05, 3.63) is 54.2 Å². The highest BCUT2D eigenvalue weighted by Gasteiger charge is 2.09. The van der Waals surface area contributed by atoms with Gasteiger partial charge in [0.05, 0.1) is 24.8 Å². The predicted molar refractivity (Wildman–Crippen MR) is 97.1 cm³/mol. The fraction of sp³-hybridized carbons (Fsp3) is 0.111. The quantitative estimate of drug-likeness (QED) is 0.547. The molecule has 24 heavy (non-hydrogen) atoms. The summed E-state index contributed by atoms with van der Waals surface area (Å²) in [6.45, 7) is 0. The van der Waals surface area contributed by atoms with E-state index in [1.54, 1.807) is 37.8 Å². The number of nitrogen functional groups attached to an aromatic ring is 1. The Morgan fingerprint density at radius 3 is 2.21 bits per heavy atom. The van der Waals surface area contributed by atoms with Gasteiger partial charge in [-0.3, -0.25) is 10.4 Å². The normalized spacial score (nSPS) is 10.4. The van der Waals surface area contributed by atoms with Crippen LogP contribution in [-0.2, 0) is 0 Å². The van der Waals surface area contributed by atoms with Crippen LogP contribution in [0.15, 0.2) is 48.7 Å². The fourth-order valence-electron chi connectivity index (χ4n) is 2.28. The van der Waals surface area contributed by atoms with E-state index in [4.69, 9.17) is 20.6 Å². The summed E-state index contributed by atoms with van der Waals surface area (Å²) in [6.07, 6.45) is 1.62. The summed E-state index contributed by atoms with van der Waals surface area (Å²) in [4.78, 5) is 6.53. The maximum atomic E-state index is 7.42. The smallest absolute Gasteiger partial charge is 0.124 e. The third-order valence-electron chi connectivity index (χ3n) is 3.57. The molecule has 0 aliphatic carbocycles. The minimum absolute atomic E-state index is 0.0180. The maximum Gasteiger partial charge on any atom is 0.124 e. The average Bonchev–Trinajstić information content (AvgIpc) is 3.11. The molecule has 0 amide bonds. The first-order valence-electron chi connectivity index (χ1n) is 7.25. The molecule has 6 heteroatoms. The Labute approximate surface area is 144 Å². The van der Waals surface area contributed by atoms with E-state index >= 15 is 0 Å². The molecule has 0 fully saturated rings. The van der Waals surface area contributed by atoms with Crippen molar-refractivity contribution >= 4 is 17.2 Å². The molecule has 2 aromatic heterocycles. The number of ether oxygens (including phenoxy) is 2. The van der Waals surface area contributed by atoms with Gasteiger partial charge in [0, 0.05) is 22.7 Å². The molecule has 122 valence electrons. The van der Waals surface area contributed by atoms with Crippen LogP contribution >= 0.6 is 11.3 Å². The highest BCUT2D eigenvalue weighted by atomic mass is 32.1. The Morgan fingerprint density at radius 2 is 1.67 bits per heavy atom. The number of thiophene rings is 1. The molecule has 0 unspecified atom stereocenters. The zero-order valence-corrected chi connectivity index (χ0v) is 14.2. The Morgan fingerprint density at radius 1 is 1.00 bits per heavy atom. The van der Waals surface area contributed by atoms with Crippen LogP contribution in [0.1, 0.15) is 5.56 Å². The highest BCUT2D eigenvalue weighted by molar-refractivity contribution is 7.18. The van der Waals surface area contributed by atoms with Crippen LogP contribution in [0.25, 0.3) is 21.0 Å². The lowest BCUT2D eigenvalue weighted by molar-refractivity contribution is 0.394. The zero-order chi connectivity index (χ0) is 17.1. The second kappa shape index (κ2) is 6.72. The van der Waals surface area contributed by atoms with E-state index in [9.17, 15) is 0 Å². The van der Waals surface area contributed by atoms with Gasteiger partial charge in [-0.15, -0.1) is 11.3 Å². The van der Waals surface area contributed by atoms with Crippen LogP contribution in [0.2, 0.25) is 0 Å². The Hall–Kier alpha value is -2.86. The lowest BCUT2D eigenvalue weighted by atomic mass is 10.1. The summed E-state index contributed by atoms with van der Waals surface area (Å²) in [5, 5.41) is 7.42. The largest absolute Gasteiger partial charge is 0.497 e. The monoisotopic (exact) mass is 339 g/mol. The lowest BCUT2D eigenvalue weighted by Gasteiger charge is -2.07. The minimum atomic E-state index is 0.0180. The summed E-state index contributed by atoms with van der Waals surface area (Å²) in [6, 6.07) is 13.6. The number of rotatable bonds is 5. The average molecular weight is 339 g/mol. The molecule has 5 nitrogen and oxygen atoms in total. The first-order chi connectivity index (χ1) is 11.6. The van der Waals surface area contributed by atoms with E-state index < -0.39 is 0 Å². The van der Waals surface area contributed by atoms with Gasteiger partial charge in [-0.05, 0) is 42.0 Å². The van der Waals surface area contributed by atoms with Crippen molar-refractivity contribution in [2.75, 3.05) is 14.2 Å². The van der Waals surface area contributed by atoms with E-state index in [0.29, 0.717) is 5.56 Å². The van der Waals surface area contributed by atoms with Crippen molar-refractivity contribution in [3.8, 4) is 32.5 Å². The van der Waals surface area contributed by atoms with E-state index in [1.165, 1.54) is 0 Å². The second-order valence-corrected chi connectivity index (χ2v) is 6.19. The molecule has 0 saturated carbocycles.